The zero-order valence-corrected chi connectivity index (χ0v) is 11.4. The number of hydrogen-bond acceptors (Lipinski definition) is 3. The summed E-state index contributed by atoms with van der Waals surface area (Å²) in [4.78, 5) is 4.55. The van der Waals surface area contributed by atoms with Crippen LogP contribution in [0.3, 0.4) is 0 Å². The van der Waals surface area contributed by atoms with Crippen LogP contribution in [0, 0.1) is 0 Å². The first-order valence-corrected chi connectivity index (χ1v) is 7.27. The minimum absolute atomic E-state index is 0.558. The third-order valence-electron chi connectivity index (χ3n) is 3.03. The summed E-state index contributed by atoms with van der Waals surface area (Å²) in [5.41, 5.74) is 1.24. The summed E-state index contributed by atoms with van der Waals surface area (Å²) in [6.45, 7) is 5.44. The molecule has 2 rings (SSSR count). The van der Waals surface area contributed by atoms with Crippen LogP contribution in [-0.4, -0.2) is 17.6 Å². The largest absolute Gasteiger partial charge is 0.314 e. The van der Waals surface area contributed by atoms with Crippen LogP contribution < -0.4 is 5.32 Å². The van der Waals surface area contributed by atoms with Crippen molar-refractivity contribution in [3.8, 4) is 0 Å². The molecule has 0 bridgehead atoms. The van der Waals surface area contributed by atoms with Crippen molar-refractivity contribution in [2.45, 2.75) is 39.2 Å². The standard InChI is InChI=1S/C14H20N2S/c1-3-5-11(15-4-2)10-13-12-7-9-17-14(12)6-8-16-13/h6-9,11,15H,3-5,10H2,1-2H3. The van der Waals surface area contributed by atoms with E-state index in [-0.39, 0.29) is 0 Å². The summed E-state index contributed by atoms with van der Waals surface area (Å²) in [5, 5.41) is 7.03. The first kappa shape index (κ1) is 12.5. The average molecular weight is 248 g/mol. The summed E-state index contributed by atoms with van der Waals surface area (Å²) in [6.07, 6.45) is 5.41. The number of nitrogens with zero attached hydrogens (tertiary/aromatic N) is 1. The van der Waals surface area contributed by atoms with E-state index in [4.69, 9.17) is 0 Å². The third kappa shape index (κ3) is 3.05. The summed E-state index contributed by atoms with van der Waals surface area (Å²) in [5.74, 6) is 0. The molecule has 17 heavy (non-hydrogen) atoms. The Bertz CT molecular complexity index is 458. The fourth-order valence-corrected chi connectivity index (χ4v) is 3.07. The summed E-state index contributed by atoms with van der Waals surface area (Å²) >= 11 is 1.79. The first-order valence-electron chi connectivity index (χ1n) is 6.39. The topological polar surface area (TPSA) is 24.9 Å². The molecule has 1 N–H and O–H groups in total. The van der Waals surface area contributed by atoms with Gasteiger partial charge in [0.25, 0.3) is 0 Å². The van der Waals surface area contributed by atoms with Gasteiger partial charge in [-0.25, -0.2) is 0 Å². The molecule has 0 aliphatic heterocycles. The zero-order chi connectivity index (χ0) is 12.1. The Labute approximate surface area is 107 Å². The van der Waals surface area contributed by atoms with Crippen molar-refractivity contribution in [3.05, 3.63) is 29.4 Å². The van der Waals surface area contributed by atoms with Gasteiger partial charge < -0.3 is 5.32 Å². The van der Waals surface area contributed by atoms with E-state index < -0.39 is 0 Å². The van der Waals surface area contributed by atoms with E-state index in [1.807, 2.05) is 6.20 Å². The Balaban J connectivity index is 2.18. The lowest BCUT2D eigenvalue weighted by molar-refractivity contribution is 0.483. The maximum absolute atomic E-state index is 4.55. The van der Waals surface area contributed by atoms with Crippen molar-refractivity contribution < 1.29 is 0 Å². The number of hydrogen-bond donors (Lipinski definition) is 1. The summed E-state index contributed by atoms with van der Waals surface area (Å²) in [6, 6.07) is 4.85. The molecule has 1 atom stereocenters. The molecule has 1 unspecified atom stereocenters. The van der Waals surface area contributed by atoms with Crippen LogP contribution in [0.2, 0.25) is 0 Å². The highest BCUT2D eigenvalue weighted by Crippen LogP contribution is 2.23. The number of thiophene rings is 1. The van der Waals surface area contributed by atoms with Crippen molar-refractivity contribution in [2.24, 2.45) is 0 Å². The van der Waals surface area contributed by atoms with E-state index in [2.05, 4.69) is 41.7 Å². The van der Waals surface area contributed by atoms with Gasteiger partial charge in [0, 0.05) is 28.7 Å². The average Bonchev–Trinajstić information content (AvgIpc) is 2.79. The lowest BCUT2D eigenvalue weighted by atomic mass is 10.0. The van der Waals surface area contributed by atoms with E-state index >= 15 is 0 Å². The van der Waals surface area contributed by atoms with Crippen LogP contribution in [0.15, 0.2) is 23.7 Å². The second-order valence-electron chi connectivity index (χ2n) is 4.34. The van der Waals surface area contributed by atoms with Gasteiger partial charge in [-0.15, -0.1) is 11.3 Å². The zero-order valence-electron chi connectivity index (χ0n) is 10.6. The minimum Gasteiger partial charge on any atom is -0.314 e. The molecule has 0 saturated carbocycles. The van der Waals surface area contributed by atoms with E-state index in [0.29, 0.717) is 6.04 Å². The molecule has 0 saturated heterocycles. The quantitative estimate of drug-likeness (QED) is 0.844. The predicted octanol–water partition coefficient (Wildman–Crippen LogP) is 3.62. The Morgan fingerprint density at radius 1 is 1.35 bits per heavy atom. The first-order chi connectivity index (χ1) is 8.35. The van der Waals surface area contributed by atoms with E-state index in [1.54, 1.807) is 11.3 Å². The number of likely N-dealkylation sites (N-methyl/N-ethyl adjacent to an activating group) is 1. The fraction of sp³-hybridized carbons (Fsp3) is 0.500. The van der Waals surface area contributed by atoms with Gasteiger partial charge in [-0.1, -0.05) is 20.3 Å². The molecule has 3 heteroatoms. The van der Waals surface area contributed by atoms with Crippen LogP contribution in [0.1, 0.15) is 32.4 Å². The van der Waals surface area contributed by atoms with Crippen LogP contribution in [0.4, 0.5) is 0 Å². The van der Waals surface area contributed by atoms with Gasteiger partial charge in [-0.05, 0) is 30.5 Å². The molecule has 2 nitrogen and oxygen atoms in total. The maximum atomic E-state index is 4.55. The van der Waals surface area contributed by atoms with E-state index in [1.165, 1.54) is 28.6 Å². The molecule has 0 spiro atoms. The fourth-order valence-electron chi connectivity index (χ4n) is 2.26. The highest BCUT2D eigenvalue weighted by molar-refractivity contribution is 7.17. The SMILES string of the molecule is CCCC(Cc1nccc2sccc12)NCC. The number of aromatic nitrogens is 1. The van der Waals surface area contributed by atoms with Crippen LogP contribution in [0.25, 0.3) is 10.1 Å². The highest BCUT2D eigenvalue weighted by atomic mass is 32.1. The molecule has 0 aliphatic rings. The Kier molecular flexibility index (Phi) is 4.51. The number of pyridine rings is 1. The summed E-state index contributed by atoms with van der Waals surface area (Å²) < 4.78 is 1.35. The Hall–Kier alpha value is -0.930. The van der Waals surface area contributed by atoms with E-state index in [0.717, 1.165) is 13.0 Å². The van der Waals surface area contributed by atoms with Gasteiger partial charge in [-0.3, -0.25) is 4.98 Å². The second-order valence-corrected chi connectivity index (χ2v) is 5.29. The van der Waals surface area contributed by atoms with E-state index in [9.17, 15) is 0 Å². The van der Waals surface area contributed by atoms with Crippen LogP contribution in [0.5, 0.6) is 0 Å². The van der Waals surface area contributed by atoms with Gasteiger partial charge >= 0.3 is 0 Å². The van der Waals surface area contributed by atoms with Gasteiger partial charge in [0.1, 0.15) is 0 Å². The molecule has 0 radical (unpaired) electrons. The van der Waals surface area contributed by atoms with Gasteiger partial charge in [0.15, 0.2) is 0 Å². The van der Waals surface area contributed by atoms with Crippen LogP contribution in [-0.2, 0) is 6.42 Å². The molecular weight excluding hydrogens is 228 g/mol. The van der Waals surface area contributed by atoms with Crippen molar-refractivity contribution in [3.63, 3.8) is 0 Å². The third-order valence-corrected chi connectivity index (χ3v) is 3.91. The molecule has 92 valence electrons. The lowest BCUT2D eigenvalue weighted by Gasteiger charge is -2.16. The normalized spacial score (nSPS) is 13.1. The highest BCUT2D eigenvalue weighted by Gasteiger charge is 2.11. The Morgan fingerprint density at radius 2 is 2.24 bits per heavy atom. The van der Waals surface area contributed by atoms with Crippen molar-refractivity contribution in [2.75, 3.05) is 6.54 Å². The molecule has 2 aromatic rings. The molecule has 0 aliphatic carbocycles. The van der Waals surface area contributed by atoms with Crippen molar-refractivity contribution in [1.29, 1.82) is 0 Å². The maximum Gasteiger partial charge on any atom is 0.0505 e. The number of fused-ring (bicyclic) bond motifs is 1. The van der Waals surface area contributed by atoms with Crippen LogP contribution >= 0.6 is 11.3 Å². The van der Waals surface area contributed by atoms with Crippen molar-refractivity contribution in [1.82, 2.24) is 10.3 Å². The summed E-state index contributed by atoms with van der Waals surface area (Å²) in [7, 11) is 0. The number of nitrogens with one attached hydrogen (secondary N) is 1. The number of rotatable bonds is 6. The molecular formula is C14H20N2S. The molecule has 2 aromatic heterocycles. The monoisotopic (exact) mass is 248 g/mol. The predicted molar refractivity (Wildman–Crippen MR) is 75.7 cm³/mol. The van der Waals surface area contributed by atoms with Gasteiger partial charge in [0.05, 0.1) is 5.69 Å². The Morgan fingerprint density at radius 3 is 3.00 bits per heavy atom. The molecule has 0 amide bonds. The second kappa shape index (κ2) is 6.12. The van der Waals surface area contributed by atoms with Crippen molar-refractivity contribution >= 4 is 21.4 Å². The van der Waals surface area contributed by atoms with Gasteiger partial charge in [-0.2, -0.15) is 0 Å². The molecule has 0 aromatic carbocycles. The molecule has 0 fully saturated rings. The lowest BCUT2D eigenvalue weighted by Crippen LogP contribution is -2.31. The molecule has 2 heterocycles. The smallest absolute Gasteiger partial charge is 0.0505 e. The van der Waals surface area contributed by atoms with Gasteiger partial charge in [0.2, 0.25) is 0 Å². The minimum atomic E-state index is 0.558.